The molecule has 0 saturated heterocycles. The molecule has 0 amide bonds. The molecule has 0 saturated carbocycles. The Labute approximate surface area is 119 Å². The molecule has 19 heavy (non-hydrogen) atoms. The van der Waals surface area contributed by atoms with Gasteiger partial charge in [-0.2, -0.15) is 0 Å². The van der Waals surface area contributed by atoms with E-state index in [-0.39, 0.29) is 0 Å². The average molecular weight is 267 g/mol. The van der Waals surface area contributed by atoms with Gasteiger partial charge in [0.1, 0.15) is 0 Å². The van der Waals surface area contributed by atoms with E-state index >= 15 is 0 Å². The Morgan fingerprint density at radius 3 is 1.42 bits per heavy atom. The van der Waals surface area contributed by atoms with Gasteiger partial charge in [0.15, 0.2) is 0 Å². The second-order valence-corrected chi connectivity index (χ2v) is 4.41. The van der Waals surface area contributed by atoms with E-state index in [4.69, 9.17) is 11.6 Å². The summed E-state index contributed by atoms with van der Waals surface area (Å²) in [7, 11) is 0. The van der Waals surface area contributed by atoms with Crippen molar-refractivity contribution in [2.75, 3.05) is 0 Å². The average Bonchev–Trinajstić information content (AvgIpc) is 2.51. The van der Waals surface area contributed by atoms with Crippen LogP contribution in [0.4, 0.5) is 0 Å². The lowest BCUT2D eigenvalue weighted by Crippen LogP contribution is -1.77. The van der Waals surface area contributed by atoms with Gasteiger partial charge in [-0.1, -0.05) is 96.5 Å². The summed E-state index contributed by atoms with van der Waals surface area (Å²) >= 11 is 6.06. The largest absolute Gasteiger partial charge is 0.0837 e. The Balaban J connectivity index is 0.000000186. The minimum absolute atomic E-state index is 0.800. The van der Waals surface area contributed by atoms with Crippen molar-refractivity contribution in [3.63, 3.8) is 0 Å². The third kappa shape index (κ3) is 4.27. The zero-order valence-corrected chi connectivity index (χ0v) is 11.3. The SMILES string of the molecule is Clc1ccccc1-c1ccccc1.c1ccccc1. The second-order valence-electron chi connectivity index (χ2n) is 4.00. The van der Waals surface area contributed by atoms with Crippen LogP contribution in [0.15, 0.2) is 91.0 Å². The van der Waals surface area contributed by atoms with Gasteiger partial charge in [-0.15, -0.1) is 0 Å². The van der Waals surface area contributed by atoms with Crippen molar-refractivity contribution >= 4 is 11.6 Å². The molecule has 0 aliphatic carbocycles. The molecule has 0 aliphatic rings. The lowest BCUT2D eigenvalue weighted by molar-refractivity contribution is 1.62. The molecule has 0 fully saturated rings. The predicted octanol–water partition coefficient (Wildman–Crippen LogP) is 5.69. The summed E-state index contributed by atoms with van der Waals surface area (Å²) in [5, 5.41) is 0.800. The molecule has 0 bridgehead atoms. The molecular formula is C18H15Cl. The van der Waals surface area contributed by atoms with Crippen LogP contribution < -0.4 is 0 Å². The van der Waals surface area contributed by atoms with Gasteiger partial charge in [0.05, 0.1) is 0 Å². The third-order valence-corrected chi connectivity index (χ3v) is 2.95. The zero-order valence-electron chi connectivity index (χ0n) is 10.5. The fourth-order valence-corrected chi connectivity index (χ4v) is 1.94. The number of benzene rings is 3. The highest BCUT2D eigenvalue weighted by molar-refractivity contribution is 6.33. The summed E-state index contributed by atoms with van der Waals surface area (Å²) in [6, 6.07) is 30.0. The quantitative estimate of drug-likeness (QED) is 0.530. The van der Waals surface area contributed by atoms with Crippen LogP contribution in [0, 0.1) is 0 Å². The fourth-order valence-electron chi connectivity index (χ4n) is 1.70. The first-order valence-electron chi connectivity index (χ1n) is 6.18. The lowest BCUT2D eigenvalue weighted by atomic mass is 10.1. The van der Waals surface area contributed by atoms with E-state index < -0.39 is 0 Å². The molecule has 0 heterocycles. The zero-order chi connectivity index (χ0) is 13.3. The van der Waals surface area contributed by atoms with Crippen molar-refractivity contribution < 1.29 is 0 Å². The minimum atomic E-state index is 0.800. The Morgan fingerprint density at radius 1 is 0.474 bits per heavy atom. The maximum Gasteiger partial charge on any atom is 0.0484 e. The van der Waals surface area contributed by atoms with Crippen LogP contribution in [0.1, 0.15) is 0 Å². The van der Waals surface area contributed by atoms with E-state index in [2.05, 4.69) is 12.1 Å². The van der Waals surface area contributed by atoms with Gasteiger partial charge in [-0.05, 0) is 11.6 Å². The van der Waals surface area contributed by atoms with Crippen LogP contribution in [0.5, 0.6) is 0 Å². The van der Waals surface area contributed by atoms with E-state index in [9.17, 15) is 0 Å². The molecule has 94 valence electrons. The van der Waals surface area contributed by atoms with Crippen molar-refractivity contribution in [3.05, 3.63) is 96.0 Å². The summed E-state index contributed by atoms with van der Waals surface area (Å²) in [5.41, 5.74) is 2.25. The van der Waals surface area contributed by atoms with E-state index in [0.717, 1.165) is 16.1 Å². The van der Waals surface area contributed by atoms with Crippen LogP contribution in [0.2, 0.25) is 5.02 Å². The van der Waals surface area contributed by atoms with Gasteiger partial charge in [-0.25, -0.2) is 0 Å². The monoisotopic (exact) mass is 266 g/mol. The van der Waals surface area contributed by atoms with Crippen molar-refractivity contribution in [1.82, 2.24) is 0 Å². The number of halogens is 1. The highest BCUT2D eigenvalue weighted by atomic mass is 35.5. The van der Waals surface area contributed by atoms with Crippen molar-refractivity contribution in [2.24, 2.45) is 0 Å². The van der Waals surface area contributed by atoms with Crippen molar-refractivity contribution in [2.45, 2.75) is 0 Å². The molecule has 3 aromatic rings. The molecule has 0 N–H and O–H groups in total. The Kier molecular flexibility index (Phi) is 5.21. The van der Waals surface area contributed by atoms with Gasteiger partial charge in [-0.3, -0.25) is 0 Å². The first-order valence-corrected chi connectivity index (χ1v) is 6.55. The minimum Gasteiger partial charge on any atom is -0.0837 e. The Morgan fingerprint density at radius 2 is 0.895 bits per heavy atom. The smallest absolute Gasteiger partial charge is 0.0484 e. The number of hydrogen-bond acceptors (Lipinski definition) is 0. The maximum atomic E-state index is 6.06. The van der Waals surface area contributed by atoms with E-state index in [1.54, 1.807) is 0 Å². The Bertz CT molecular complexity index is 562. The fraction of sp³-hybridized carbons (Fsp3) is 0. The third-order valence-electron chi connectivity index (χ3n) is 2.63. The van der Waals surface area contributed by atoms with E-state index in [0.29, 0.717) is 0 Å². The summed E-state index contributed by atoms with van der Waals surface area (Å²) in [5.74, 6) is 0. The molecule has 0 nitrogen and oxygen atoms in total. The second kappa shape index (κ2) is 7.40. The Hall–Kier alpha value is -2.05. The molecule has 0 aromatic heterocycles. The van der Waals surface area contributed by atoms with Gasteiger partial charge in [0, 0.05) is 10.6 Å². The standard InChI is InChI=1S/C12H9Cl.C6H6/c13-12-9-5-4-8-11(12)10-6-2-1-3-7-10;1-2-4-6-5-3-1/h1-9H;1-6H. The molecule has 3 aromatic carbocycles. The molecule has 0 atom stereocenters. The van der Waals surface area contributed by atoms with Gasteiger partial charge in [0.2, 0.25) is 0 Å². The maximum absolute atomic E-state index is 6.06. The van der Waals surface area contributed by atoms with Crippen LogP contribution in [-0.2, 0) is 0 Å². The van der Waals surface area contributed by atoms with Crippen molar-refractivity contribution in [1.29, 1.82) is 0 Å². The van der Waals surface area contributed by atoms with Gasteiger partial charge < -0.3 is 0 Å². The van der Waals surface area contributed by atoms with Gasteiger partial charge in [0.25, 0.3) is 0 Å². The molecule has 0 aliphatic heterocycles. The summed E-state index contributed by atoms with van der Waals surface area (Å²) in [6.07, 6.45) is 0. The van der Waals surface area contributed by atoms with E-state index in [1.807, 2.05) is 78.9 Å². The molecule has 0 unspecified atom stereocenters. The first kappa shape index (κ1) is 13.4. The van der Waals surface area contributed by atoms with Gasteiger partial charge >= 0.3 is 0 Å². The lowest BCUT2D eigenvalue weighted by Gasteiger charge is -2.02. The molecule has 0 spiro atoms. The van der Waals surface area contributed by atoms with E-state index in [1.165, 1.54) is 0 Å². The van der Waals surface area contributed by atoms with Crippen molar-refractivity contribution in [3.8, 4) is 11.1 Å². The summed E-state index contributed by atoms with van der Waals surface area (Å²) < 4.78 is 0. The first-order chi connectivity index (χ1) is 9.38. The predicted molar refractivity (Wildman–Crippen MR) is 83.3 cm³/mol. The normalized spacial score (nSPS) is 9.32. The molecule has 3 rings (SSSR count). The molecular weight excluding hydrogens is 252 g/mol. The van der Waals surface area contributed by atoms with Crippen LogP contribution in [-0.4, -0.2) is 0 Å². The molecule has 1 heteroatoms. The number of hydrogen-bond donors (Lipinski definition) is 0. The van der Waals surface area contributed by atoms with Crippen LogP contribution in [0.25, 0.3) is 11.1 Å². The highest BCUT2D eigenvalue weighted by Gasteiger charge is 1.99. The molecule has 0 radical (unpaired) electrons. The van der Waals surface area contributed by atoms with Crippen LogP contribution in [0.3, 0.4) is 0 Å². The van der Waals surface area contributed by atoms with Crippen LogP contribution >= 0.6 is 11.6 Å². The highest BCUT2D eigenvalue weighted by Crippen LogP contribution is 2.26. The number of rotatable bonds is 1. The topological polar surface area (TPSA) is 0 Å². The summed E-state index contributed by atoms with van der Waals surface area (Å²) in [6.45, 7) is 0. The summed E-state index contributed by atoms with van der Waals surface area (Å²) in [4.78, 5) is 0.